The largest absolute Gasteiger partial charge is 0.389 e. The van der Waals surface area contributed by atoms with Gasteiger partial charge in [-0.15, -0.1) is 0 Å². The van der Waals surface area contributed by atoms with Gasteiger partial charge < -0.3 is 10.2 Å². The lowest BCUT2D eigenvalue weighted by molar-refractivity contribution is 0.0369. The maximum Gasteiger partial charge on any atom is 0.101 e. The molecule has 0 spiro atoms. The van der Waals surface area contributed by atoms with E-state index in [2.05, 4.69) is 17.0 Å². The van der Waals surface area contributed by atoms with Crippen molar-refractivity contribution in [1.82, 2.24) is 4.90 Å². The van der Waals surface area contributed by atoms with Crippen molar-refractivity contribution in [2.75, 3.05) is 6.54 Å². The highest BCUT2D eigenvalue weighted by Crippen LogP contribution is 2.33. The third-order valence-corrected chi connectivity index (χ3v) is 3.90. The van der Waals surface area contributed by atoms with Crippen LogP contribution >= 0.6 is 0 Å². The zero-order chi connectivity index (χ0) is 13.9. The van der Waals surface area contributed by atoms with Crippen LogP contribution in [-0.2, 0) is 6.54 Å². The Bertz CT molecular complexity index is 543. The Morgan fingerprint density at radius 2 is 1.50 bits per heavy atom. The van der Waals surface area contributed by atoms with Crippen molar-refractivity contribution < 1.29 is 10.2 Å². The summed E-state index contributed by atoms with van der Waals surface area (Å²) in [5, 5.41) is 20.3. The molecule has 3 rings (SSSR count). The summed E-state index contributed by atoms with van der Waals surface area (Å²) >= 11 is 0. The van der Waals surface area contributed by atoms with Crippen LogP contribution in [-0.4, -0.2) is 33.9 Å². The molecule has 1 fully saturated rings. The first kappa shape index (κ1) is 13.3. The molecule has 0 radical (unpaired) electrons. The van der Waals surface area contributed by atoms with Crippen molar-refractivity contribution in [3.8, 4) is 0 Å². The third kappa shape index (κ3) is 2.61. The highest BCUT2D eigenvalue weighted by atomic mass is 16.3. The van der Waals surface area contributed by atoms with Crippen molar-refractivity contribution in [3.63, 3.8) is 0 Å². The van der Waals surface area contributed by atoms with E-state index >= 15 is 0 Å². The summed E-state index contributed by atoms with van der Waals surface area (Å²) in [7, 11) is 0. The van der Waals surface area contributed by atoms with Gasteiger partial charge in [0.05, 0.1) is 12.1 Å². The van der Waals surface area contributed by atoms with Crippen molar-refractivity contribution in [2.24, 2.45) is 0 Å². The molecular formula is C17H19NO2. The second-order valence-electron chi connectivity index (χ2n) is 5.33. The number of likely N-dealkylation sites (tertiary alicyclic amines) is 1. The van der Waals surface area contributed by atoms with Gasteiger partial charge in [-0.05, 0) is 11.1 Å². The van der Waals surface area contributed by atoms with E-state index < -0.39 is 12.2 Å². The Balaban J connectivity index is 1.85. The number of hydrogen-bond acceptors (Lipinski definition) is 3. The molecule has 2 N–H and O–H groups in total. The Hall–Kier alpha value is -1.68. The predicted octanol–water partition coefficient (Wildman–Crippen LogP) is 1.97. The second kappa shape index (κ2) is 5.75. The minimum absolute atomic E-state index is 0.147. The number of nitrogens with zero attached hydrogens (tertiary/aromatic N) is 1. The summed E-state index contributed by atoms with van der Waals surface area (Å²) in [5.74, 6) is 0. The lowest BCUT2D eigenvalue weighted by Crippen LogP contribution is -2.27. The van der Waals surface area contributed by atoms with Crippen LogP contribution in [0.2, 0.25) is 0 Å². The molecule has 3 atom stereocenters. The number of β-amino-alcohol motifs (C(OH)–C–C–N with tert-alkyl or cyclic N) is 1. The fourth-order valence-electron chi connectivity index (χ4n) is 2.93. The van der Waals surface area contributed by atoms with Gasteiger partial charge >= 0.3 is 0 Å². The number of benzene rings is 2. The van der Waals surface area contributed by atoms with E-state index in [0.717, 1.165) is 12.1 Å². The zero-order valence-electron chi connectivity index (χ0n) is 11.3. The van der Waals surface area contributed by atoms with Crippen LogP contribution in [0.5, 0.6) is 0 Å². The van der Waals surface area contributed by atoms with Crippen LogP contribution in [0.1, 0.15) is 17.2 Å². The van der Waals surface area contributed by atoms with Crippen LogP contribution in [0.15, 0.2) is 60.7 Å². The molecule has 2 aromatic rings. The molecule has 20 heavy (non-hydrogen) atoms. The van der Waals surface area contributed by atoms with Crippen LogP contribution in [0, 0.1) is 0 Å². The Kier molecular flexibility index (Phi) is 3.83. The smallest absolute Gasteiger partial charge is 0.101 e. The van der Waals surface area contributed by atoms with E-state index in [0.29, 0.717) is 6.54 Å². The highest BCUT2D eigenvalue weighted by molar-refractivity contribution is 5.24. The van der Waals surface area contributed by atoms with Gasteiger partial charge in [0.2, 0.25) is 0 Å². The van der Waals surface area contributed by atoms with Gasteiger partial charge in [-0.1, -0.05) is 60.7 Å². The molecule has 2 aromatic carbocycles. The molecular weight excluding hydrogens is 250 g/mol. The quantitative estimate of drug-likeness (QED) is 0.895. The van der Waals surface area contributed by atoms with Crippen molar-refractivity contribution >= 4 is 0 Å². The van der Waals surface area contributed by atoms with Gasteiger partial charge in [0.15, 0.2) is 0 Å². The van der Waals surface area contributed by atoms with Gasteiger partial charge in [-0.2, -0.15) is 0 Å². The normalized spacial score (nSPS) is 26.8. The minimum atomic E-state index is -0.735. The number of hydrogen-bond donors (Lipinski definition) is 2. The molecule has 0 aromatic heterocycles. The summed E-state index contributed by atoms with van der Waals surface area (Å²) in [6.07, 6.45) is -1.43. The van der Waals surface area contributed by atoms with E-state index in [1.165, 1.54) is 5.56 Å². The number of aliphatic hydroxyl groups is 2. The monoisotopic (exact) mass is 269 g/mol. The molecule has 1 aliphatic heterocycles. The highest BCUT2D eigenvalue weighted by Gasteiger charge is 2.40. The first-order chi connectivity index (χ1) is 9.75. The first-order valence-corrected chi connectivity index (χ1v) is 6.95. The van der Waals surface area contributed by atoms with Crippen molar-refractivity contribution in [3.05, 3.63) is 71.8 Å². The van der Waals surface area contributed by atoms with Crippen molar-refractivity contribution in [1.29, 1.82) is 0 Å². The van der Waals surface area contributed by atoms with Crippen LogP contribution in [0.25, 0.3) is 0 Å². The molecule has 1 saturated heterocycles. The molecule has 3 nitrogen and oxygen atoms in total. The van der Waals surface area contributed by atoms with Gasteiger partial charge in [-0.3, -0.25) is 4.90 Å². The van der Waals surface area contributed by atoms with Crippen molar-refractivity contribution in [2.45, 2.75) is 24.8 Å². The molecule has 0 amide bonds. The zero-order valence-corrected chi connectivity index (χ0v) is 11.3. The van der Waals surface area contributed by atoms with Crippen LogP contribution in [0.3, 0.4) is 0 Å². The number of rotatable bonds is 3. The molecule has 1 heterocycles. The van der Waals surface area contributed by atoms with Gasteiger partial charge in [-0.25, -0.2) is 0 Å². The third-order valence-electron chi connectivity index (χ3n) is 3.90. The SMILES string of the molecule is O[C@@H]1[C@@H](O)CN(Cc2ccccc2)[C@H]1c1ccccc1. The summed E-state index contributed by atoms with van der Waals surface area (Å²) in [4.78, 5) is 2.14. The minimum Gasteiger partial charge on any atom is -0.389 e. The standard InChI is InChI=1S/C17H19NO2/c19-15-12-18(11-13-7-3-1-4-8-13)16(17(15)20)14-9-5-2-6-10-14/h1-10,15-17,19-20H,11-12H2/t15-,16-,17+/m0/s1. The maximum atomic E-state index is 10.3. The van der Waals surface area contributed by atoms with E-state index in [9.17, 15) is 10.2 Å². The Morgan fingerprint density at radius 3 is 2.15 bits per heavy atom. The van der Waals surface area contributed by atoms with Gasteiger partial charge in [0.1, 0.15) is 6.10 Å². The van der Waals surface area contributed by atoms with E-state index in [1.807, 2.05) is 48.5 Å². The summed E-state index contributed by atoms with van der Waals surface area (Å²) in [6.45, 7) is 1.23. The summed E-state index contributed by atoms with van der Waals surface area (Å²) in [6, 6.07) is 19.9. The average molecular weight is 269 g/mol. The van der Waals surface area contributed by atoms with Gasteiger partial charge in [0.25, 0.3) is 0 Å². The lowest BCUT2D eigenvalue weighted by Gasteiger charge is -2.26. The molecule has 104 valence electrons. The second-order valence-corrected chi connectivity index (χ2v) is 5.33. The molecule has 1 aliphatic rings. The number of aliphatic hydroxyl groups excluding tert-OH is 2. The average Bonchev–Trinajstić information content (AvgIpc) is 2.76. The first-order valence-electron chi connectivity index (χ1n) is 6.95. The van der Waals surface area contributed by atoms with E-state index in [1.54, 1.807) is 0 Å². The Labute approximate surface area is 119 Å². The molecule has 0 bridgehead atoms. The lowest BCUT2D eigenvalue weighted by atomic mass is 10.0. The van der Waals surface area contributed by atoms with Crippen LogP contribution in [0.4, 0.5) is 0 Å². The molecule has 0 saturated carbocycles. The van der Waals surface area contributed by atoms with E-state index in [4.69, 9.17) is 0 Å². The summed E-state index contributed by atoms with van der Waals surface area (Å²) < 4.78 is 0. The maximum absolute atomic E-state index is 10.3. The fraction of sp³-hybridized carbons (Fsp3) is 0.294. The topological polar surface area (TPSA) is 43.7 Å². The molecule has 0 aliphatic carbocycles. The molecule has 0 unspecified atom stereocenters. The van der Waals surface area contributed by atoms with Gasteiger partial charge in [0, 0.05) is 13.1 Å². The van der Waals surface area contributed by atoms with Crippen LogP contribution < -0.4 is 0 Å². The van der Waals surface area contributed by atoms with E-state index in [-0.39, 0.29) is 6.04 Å². The Morgan fingerprint density at radius 1 is 0.900 bits per heavy atom. The predicted molar refractivity (Wildman–Crippen MR) is 78.0 cm³/mol. The molecule has 3 heteroatoms. The fourth-order valence-corrected chi connectivity index (χ4v) is 2.93. The summed E-state index contributed by atoms with van der Waals surface area (Å²) in [5.41, 5.74) is 2.24.